The fourth-order valence-electron chi connectivity index (χ4n) is 1.61. The van der Waals surface area contributed by atoms with Crippen molar-refractivity contribution in [1.82, 2.24) is 0 Å². The molecule has 6 heteroatoms. The maximum Gasteiger partial charge on any atom is 0.296 e. The molecular formula is C15H24O5S. The van der Waals surface area contributed by atoms with Gasteiger partial charge in [0, 0.05) is 12.5 Å². The Hall–Kier alpha value is -0.950. The van der Waals surface area contributed by atoms with E-state index < -0.39 is 10.1 Å². The van der Waals surface area contributed by atoms with Crippen molar-refractivity contribution < 1.29 is 22.1 Å². The zero-order valence-electron chi connectivity index (χ0n) is 13.0. The van der Waals surface area contributed by atoms with Crippen molar-refractivity contribution in [2.24, 2.45) is 5.92 Å². The Labute approximate surface area is 127 Å². The van der Waals surface area contributed by atoms with Crippen LogP contribution in [-0.2, 0) is 23.8 Å². The van der Waals surface area contributed by atoms with Crippen LogP contribution in [0.4, 0.5) is 0 Å². The van der Waals surface area contributed by atoms with E-state index >= 15 is 0 Å². The molecule has 2 atom stereocenters. The van der Waals surface area contributed by atoms with Crippen LogP contribution in [0.15, 0.2) is 29.2 Å². The van der Waals surface area contributed by atoms with E-state index in [0.29, 0.717) is 13.2 Å². The van der Waals surface area contributed by atoms with E-state index in [4.69, 9.17) is 13.7 Å². The molecule has 0 heterocycles. The van der Waals surface area contributed by atoms with Gasteiger partial charge in [-0.05, 0) is 32.9 Å². The second-order valence-corrected chi connectivity index (χ2v) is 6.63. The van der Waals surface area contributed by atoms with E-state index in [9.17, 15) is 8.42 Å². The first kappa shape index (κ1) is 18.1. The Morgan fingerprint density at radius 2 is 1.67 bits per heavy atom. The van der Waals surface area contributed by atoms with Gasteiger partial charge in [0.05, 0.1) is 18.1 Å². The summed E-state index contributed by atoms with van der Waals surface area (Å²) in [7, 11) is -3.71. The highest BCUT2D eigenvalue weighted by Crippen LogP contribution is 2.14. The third-order valence-electron chi connectivity index (χ3n) is 2.83. The van der Waals surface area contributed by atoms with Crippen LogP contribution in [0.5, 0.6) is 0 Å². The lowest BCUT2D eigenvalue weighted by atomic mass is 10.2. The minimum Gasteiger partial charge on any atom is -0.353 e. The lowest BCUT2D eigenvalue weighted by Gasteiger charge is -2.16. The second kappa shape index (κ2) is 8.48. The quantitative estimate of drug-likeness (QED) is 0.518. The first-order chi connectivity index (χ1) is 9.85. The van der Waals surface area contributed by atoms with Crippen molar-refractivity contribution in [3.8, 4) is 0 Å². The molecule has 5 nitrogen and oxygen atoms in total. The van der Waals surface area contributed by atoms with E-state index in [0.717, 1.165) is 5.56 Å². The van der Waals surface area contributed by atoms with E-state index in [-0.39, 0.29) is 23.7 Å². The van der Waals surface area contributed by atoms with E-state index in [1.54, 1.807) is 31.2 Å². The molecule has 0 bridgehead atoms. The maximum atomic E-state index is 12.0. The highest BCUT2D eigenvalue weighted by Gasteiger charge is 2.17. The molecule has 1 rings (SSSR count). The summed E-state index contributed by atoms with van der Waals surface area (Å²) in [5, 5.41) is 0. The first-order valence-electron chi connectivity index (χ1n) is 7.04. The Kier molecular flexibility index (Phi) is 7.31. The van der Waals surface area contributed by atoms with Crippen molar-refractivity contribution in [2.75, 3.05) is 19.8 Å². The Bertz CT molecular complexity index is 509. The van der Waals surface area contributed by atoms with Crippen molar-refractivity contribution >= 4 is 10.1 Å². The van der Waals surface area contributed by atoms with Gasteiger partial charge in [-0.3, -0.25) is 4.18 Å². The molecule has 0 radical (unpaired) electrons. The average Bonchev–Trinajstić information content (AvgIpc) is 2.44. The summed E-state index contributed by atoms with van der Waals surface area (Å²) in [5.41, 5.74) is 1.00. The highest BCUT2D eigenvalue weighted by molar-refractivity contribution is 7.86. The molecule has 1 aromatic rings. The molecule has 1 unspecified atom stereocenters. The summed E-state index contributed by atoms with van der Waals surface area (Å²) >= 11 is 0. The summed E-state index contributed by atoms with van der Waals surface area (Å²) in [5.74, 6) is -0.0480. The van der Waals surface area contributed by atoms with E-state index in [1.165, 1.54) is 0 Å². The molecule has 0 aromatic heterocycles. The minimum absolute atomic E-state index is 0.0480. The molecule has 0 saturated heterocycles. The zero-order valence-corrected chi connectivity index (χ0v) is 13.9. The Balaban J connectivity index is 2.44. The highest BCUT2D eigenvalue weighted by atomic mass is 32.2. The van der Waals surface area contributed by atoms with Gasteiger partial charge < -0.3 is 9.47 Å². The molecule has 0 amide bonds. The molecule has 1 aromatic carbocycles. The molecule has 0 N–H and O–H groups in total. The topological polar surface area (TPSA) is 61.8 Å². The van der Waals surface area contributed by atoms with E-state index in [1.807, 2.05) is 20.8 Å². The number of ether oxygens (including phenoxy) is 2. The first-order valence-corrected chi connectivity index (χ1v) is 8.45. The van der Waals surface area contributed by atoms with Gasteiger partial charge >= 0.3 is 0 Å². The summed E-state index contributed by atoms with van der Waals surface area (Å²) in [6, 6.07) is 6.57. The largest absolute Gasteiger partial charge is 0.353 e. The van der Waals surface area contributed by atoms with Crippen LogP contribution < -0.4 is 0 Å². The summed E-state index contributed by atoms with van der Waals surface area (Å²) in [6.45, 7) is 8.49. The molecule has 0 saturated carbocycles. The Morgan fingerprint density at radius 3 is 2.24 bits per heavy atom. The van der Waals surface area contributed by atoms with Gasteiger partial charge in [0.2, 0.25) is 0 Å². The fraction of sp³-hybridized carbons (Fsp3) is 0.600. The molecular weight excluding hydrogens is 292 g/mol. The minimum atomic E-state index is -3.71. The van der Waals surface area contributed by atoms with Gasteiger partial charge in [0.25, 0.3) is 10.1 Å². The number of aryl methyl sites for hydroxylation is 1. The van der Waals surface area contributed by atoms with Crippen LogP contribution >= 0.6 is 0 Å². The standard InChI is InChI=1S/C15H24O5S/c1-5-18-14(4)19-10-13(3)11-20-21(16,17)15-8-6-12(2)7-9-15/h6-9,13-14H,5,10-11H2,1-4H3/t13-,14?/m0/s1. The van der Waals surface area contributed by atoms with E-state index in [2.05, 4.69) is 0 Å². The third-order valence-corrected chi connectivity index (χ3v) is 4.13. The lowest BCUT2D eigenvalue weighted by molar-refractivity contribution is -0.135. The van der Waals surface area contributed by atoms with Crippen LogP contribution in [-0.4, -0.2) is 34.5 Å². The van der Waals surface area contributed by atoms with Gasteiger partial charge in [0.15, 0.2) is 6.29 Å². The lowest BCUT2D eigenvalue weighted by Crippen LogP contribution is -2.21. The second-order valence-electron chi connectivity index (χ2n) is 5.01. The maximum absolute atomic E-state index is 12.0. The van der Waals surface area contributed by atoms with Gasteiger partial charge in [-0.1, -0.05) is 24.6 Å². The molecule has 0 spiro atoms. The predicted octanol–water partition coefficient (Wildman–Crippen LogP) is 2.74. The molecule has 120 valence electrons. The predicted molar refractivity (Wildman–Crippen MR) is 80.5 cm³/mol. The number of hydrogen-bond donors (Lipinski definition) is 0. The molecule has 21 heavy (non-hydrogen) atoms. The van der Waals surface area contributed by atoms with Crippen LogP contribution in [0.2, 0.25) is 0 Å². The van der Waals surface area contributed by atoms with Crippen molar-refractivity contribution in [3.63, 3.8) is 0 Å². The average molecular weight is 316 g/mol. The number of benzene rings is 1. The smallest absolute Gasteiger partial charge is 0.296 e. The van der Waals surface area contributed by atoms with Gasteiger partial charge in [-0.25, -0.2) is 0 Å². The van der Waals surface area contributed by atoms with Gasteiger partial charge in [0.1, 0.15) is 0 Å². The van der Waals surface area contributed by atoms with Crippen LogP contribution in [0.25, 0.3) is 0 Å². The molecule has 0 aliphatic carbocycles. The molecule has 0 aliphatic heterocycles. The van der Waals surface area contributed by atoms with Crippen LogP contribution in [0.3, 0.4) is 0 Å². The monoisotopic (exact) mass is 316 g/mol. The fourth-order valence-corrected chi connectivity index (χ4v) is 2.63. The normalized spacial score (nSPS) is 14.9. The van der Waals surface area contributed by atoms with Crippen LogP contribution in [0.1, 0.15) is 26.3 Å². The van der Waals surface area contributed by atoms with Gasteiger partial charge in [-0.2, -0.15) is 8.42 Å². The molecule has 0 aliphatic rings. The molecule has 0 fully saturated rings. The van der Waals surface area contributed by atoms with Crippen molar-refractivity contribution in [2.45, 2.75) is 38.9 Å². The van der Waals surface area contributed by atoms with Gasteiger partial charge in [-0.15, -0.1) is 0 Å². The SMILES string of the molecule is CCOC(C)OC[C@H](C)COS(=O)(=O)c1ccc(C)cc1. The van der Waals surface area contributed by atoms with Crippen LogP contribution in [0, 0.1) is 12.8 Å². The third kappa shape index (κ3) is 6.56. The van der Waals surface area contributed by atoms with Crippen molar-refractivity contribution in [1.29, 1.82) is 0 Å². The number of hydrogen-bond acceptors (Lipinski definition) is 5. The summed E-state index contributed by atoms with van der Waals surface area (Å²) in [6.07, 6.45) is -0.300. The van der Waals surface area contributed by atoms with Crippen molar-refractivity contribution in [3.05, 3.63) is 29.8 Å². The zero-order chi connectivity index (χ0) is 15.9. The summed E-state index contributed by atoms with van der Waals surface area (Å²) in [4.78, 5) is 0.170. The number of rotatable bonds is 9. The summed E-state index contributed by atoms with van der Waals surface area (Å²) < 4.78 is 39.7. The Morgan fingerprint density at radius 1 is 1.05 bits per heavy atom.